The molecule has 9 heteroatoms. The zero-order valence-corrected chi connectivity index (χ0v) is 15.5. The Balaban J connectivity index is 1.53. The molecule has 29 heavy (non-hydrogen) atoms. The SMILES string of the molecule is O=C(OCC(O)COCC(O)COC(=O)Oc1ccccc1)Oc1ccccc1. The van der Waals surface area contributed by atoms with Gasteiger partial charge in [0.05, 0.1) is 13.2 Å². The van der Waals surface area contributed by atoms with E-state index in [0.717, 1.165) is 0 Å². The van der Waals surface area contributed by atoms with Gasteiger partial charge < -0.3 is 33.9 Å². The highest BCUT2D eigenvalue weighted by molar-refractivity contribution is 5.64. The molecule has 0 fully saturated rings. The normalized spacial score (nSPS) is 12.5. The van der Waals surface area contributed by atoms with Crippen molar-refractivity contribution in [1.82, 2.24) is 0 Å². The van der Waals surface area contributed by atoms with Crippen molar-refractivity contribution in [1.29, 1.82) is 0 Å². The van der Waals surface area contributed by atoms with Crippen molar-refractivity contribution in [3.8, 4) is 11.5 Å². The Labute approximate surface area is 167 Å². The predicted octanol–water partition coefficient (Wildman–Crippen LogP) is 2.16. The lowest BCUT2D eigenvalue weighted by molar-refractivity contribution is -0.0457. The number of hydrogen-bond donors (Lipinski definition) is 2. The van der Waals surface area contributed by atoms with Crippen molar-refractivity contribution in [2.45, 2.75) is 12.2 Å². The fourth-order valence-electron chi connectivity index (χ4n) is 1.99. The summed E-state index contributed by atoms with van der Waals surface area (Å²) in [5.74, 6) is 0.634. The van der Waals surface area contributed by atoms with Crippen LogP contribution in [0.5, 0.6) is 11.5 Å². The van der Waals surface area contributed by atoms with E-state index in [1.54, 1.807) is 60.7 Å². The van der Waals surface area contributed by atoms with Crippen LogP contribution in [-0.4, -0.2) is 61.2 Å². The first-order valence-corrected chi connectivity index (χ1v) is 8.76. The fourth-order valence-corrected chi connectivity index (χ4v) is 1.99. The second-order valence-corrected chi connectivity index (χ2v) is 5.80. The highest BCUT2D eigenvalue weighted by Gasteiger charge is 2.14. The molecule has 0 saturated heterocycles. The van der Waals surface area contributed by atoms with Gasteiger partial charge in [-0.1, -0.05) is 36.4 Å². The van der Waals surface area contributed by atoms with E-state index in [1.165, 1.54) is 0 Å². The van der Waals surface area contributed by atoms with E-state index >= 15 is 0 Å². The molecule has 0 radical (unpaired) electrons. The van der Waals surface area contributed by atoms with Crippen molar-refractivity contribution in [3.05, 3.63) is 60.7 Å². The average molecular weight is 406 g/mol. The van der Waals surface area contributed by atoms with Crippen LogP contribution in [0.25, 0.3) is 0 Å². The summed E-state index contributed by atoms with van der Waals surface area (Å²) in [6.07, 6.45) is -4.15. The molecule has 0 aliphatic heterocycles. The van der Waals surface area contributed by atoms with E-state index in [0.29, 0.717) is 11.5 Å². The van der Waals surface area contributed by atoms with Crippen LogP contribution in [-0.2, 0) is 14.2 Å². The number of benzene rings is 2. The third-order valence-electron chi connectivity index (χ3n) is 3.30. The summed E-state index contributed by atoms with van der Waals surface area (Å²) in [6.45, 7) is -1.10. The molecule has 0 aliphatic carbocycles. The van der Waals surface area contributed by atoms with E-state index in [1.807, 2.05) is 0 Å². The van der Waals surface area contributed by atoms with Gasteiger partial charge in [-0.3, -0.25) is 0 Å². The van der Waals surface area contributed by atoms with Crippen LogP contribution in [0.1, 0.15) is 0 Å². The molecule has 0 heterocycles. The Morgan fingerprint density at radius 3 is 1.41 bits per heavy atom. The first-order chi connectivity index (χ1) is 14.0. The number of carbonyl (C=O) groups excluding carboxylic acids is 2. The second kappa shape index (κ2) is 12.3. The molecule has 9 nitrogen and oxygen atoms in total. The number of hydrogen-bond acceptors (Lipinski definition) is 9. The molecule has 0 saturated carbocycles. The van der Waals surface area contributed by atoms with Crippen molar-refractivity contribution in [2.75, 3.05) is 26.4 Å². The fraction of sp³-hybridized carbons (Fsp3) is 0.300. The molecule has 2 atom stereocenters. The Morgan fingerprint density at radius 2 is 1.03 bits per heavy atom. The smallest absolute Gasteiger partial charge is 0.431 e. The molecule has 2 unspecified atom stereocenters. The van der Waals surface area contributed by atoms with Crippen molar-refractivity contribution < 1.29 is 43.5 Å². The maximum Gasteiger partial charge on any atom is 0.513 e. The number of para-hydroxylation sites is 2. The Kier molecular flexibility index (Phi) is 9.43. The summed E-state index contributed by atoms with van der Waals surface area (Å²) >= 11 is 0. The molecule has 2 N–H and O–H groups in total. The topological polar surface area (TPSA) is 121 Å². The first-order valence-electron chi connectivity index (χ1n) is 8.76. The minimum Gasteiger partial charge on any atom is -0.431 e. The van der Waals surface area contributed by atoms with E-state index < -0.39 is 24.5 Å². The summed E-state index contributed by atoms with van der Waals surface area (Å²) in [5, 5.41) is 19.4. The van der Waals surface area contributed by atoms with Crippen LogP contribution < -0.4 is 9.47 Å². The third-order valence-corrected chi connectivity index (χ3v) is 3.30. The molecule has 0 aliphatic rings. The molecule has 0 bridgehead atoms. The second-order valence-electron chi connectivity index (χ2n) is 5.80. The van der Waals surface area contributed by atoms with Gasteiger partial charge in [-0.15, -0.1) is 0 Å². The van der Waals surface area contributed by atoms with Crippen LogP contribution >= 0.6 is 0 Å². The monoisotopic (exact) mass is 406 g/mol. The van der Waals surface area contributed by atoms with E-state index in [4.69, 9.17) is 23.7 Å². The van der Waals surface area contributed by atoms with Crippen LogP contribution in [0.4, 0.5) is 9.59 Å². The Bertz CT molecular complexity index is 673. The molecule has 2 rings (SSSR count). The molecular weight excluding hydrogens is 384 g/mol. The summed E-state index contributed by atoms with van der Waals surface area (Å²) in [6, 6.07) is 16.7. The van der Waals surface area contributed by atoms with Crippen molar-refractivity contribution in [3.63, 3.8) is 0 Å². The van der Waals surface area contributed by atoms with E-state index in [2.05, 4.69) is 0 Å². The molecule has 0 spiro atoms. The minimum atomic E-state index is -1.12. The predicted molar refractivity (Wildman–Crippen MR) is 99.7 cm³/mol. The Morgan fingerprint density at radius 1 is 0.655 bits per heavy atom. The van der Waals surface area contributed by atoms with Crippen LogP contribution in [0.2, 0.25) is 0 Å². The highest BCUT2D eigenvalue weighted by atomic mass is 16.7. The van der Waals surface area contributed by atoms with Gasteiger partial charge in [0.2, 0.25) is 0 Å². The molecule has 0 aromatic heterocycles. The zero-order chi connectivity index (χ0) is 20.9. The van der Waals surface area contributed by atoms with Crippen molar-refractivity contribution >= 4 is 12.3 Å². The zero-order valence-electron chi connectivity index (χ0n) is 15.5. The lowest BCUT2D eigenvalue weighted by Crippen LogP contribution is -2.29. The summed E-state index contributed by atoms with van der Waals surface area (Å²) in [5.41, 5.74) is 0. The summed E-state index contributed by atoms with van der Waals surface area (Å²) in [7, 11) is 0. The van der Waals surface area contributed by atoms with Gasteiger partial charge in [0.1, 0.15) is 36.9 Å². The Hall–Kier alpha value is -3.14. The van der Waals surface area contributed by atoms with Gasteiger partial charge in [0.15, 0.2) is 0 Å². The summed E-state index contributed by atoms with van der Waals surface area (Å²) < 4.78 is 24.4. The van der Waals surface area contributed by atoms with Gasteiger partial charge in [-0.2, -0.15) is 0 Å². The molecule has 2 aromatic carbocycles. The van der Waals surface area contributed by atoms with Gasteiger partial charge in [-0.25, -0.2) is 9.59 Å². The highest BCUT2D eigenvalue weighted by Crippen LogP contribution is 2.10. The van der Waals surface area contributed by atoms with Crippen LogP contribution in [0.15, 0.2) is 60.7 Å². The average Bonchev–Trinajstić information content (AvgIpc) is 2.72. The van der Waals surface area contributed by atoms with E-state index in [-0.39, 0.29) is 26.4 Å². The molecular formula is C20H22O9. The number of ether oxygens (including phenoxy) is 5. The minimum absolute atomic E-state index is 0.204. The number of aliphatic hydroxyl groups is 2. The maximum atomic E-state index is 11.5. The van der Waals surface area contributed by atoms with E-state index in [9.17, 15) is 19.8 Å². The quantitative estimate of drug-likeness (QED) is 0.451. The standard InChI is InChI=1S/C20H22O9/c21-15(13-26-19(23)28-17-7-3-1-4-8-17)11-25-12-16(22)14-27-20(24)29-18-9-5-2-6-10-18/h1-10,15-16,21-22H,11-14H2. The first kappa shape index (κ1) is 22.2. The number of carbonyl (C=O) groups is 2. The van der Waals surface area contributed by atoms with Crippen molar-refractivity contribution in [2.24, 2.45) is 0 Å². The third kappa shape index (κ3) is 9.56. The molecule has 156 valence electrons. The van der Waals surface area contributed by atoms with Crippen LogP contribution in [0, 0.1) is 0 Å². The summed E-state index contributed by atoms with van der Waals surface area (Å²) in [4.78, 5) is 23.0. The lowest BCUT2D eigenvalue weighted by atomic mass is 10.3. The van der Waals surface area contributed by atoms with Gasteiger partial charge >= 0.3 is 12.3 Å². The molecule has 0 amide bonds. The largest absolute Gasteiger partial charge is 0.513 e. The maximum absolute atomic E-state index is 11.5. The van der Waals surface area contributed by atoms with Gasteiger partial charge in [0.25, 0.3) is 0 Å². The van der Waals surface area contributed by atoms with Gasteiger partial charge in [-0.05, 0) is 24.3 Å². The van der Waals surface area contributed by atoms with Gasteiger partial charge in [0, 0.05) is 0 Å². The molecule has 2 aromatic rings. The number of rotatable bonds is 10. The van der Waals surface area contributed by atoms with Crippen LogP contribution in [0.3, 0.4) is 0 Å². The lowest BCUT2D eigenvalue weighted by Gasteiger charge is -2.14. The number of aliphatic hydroxyl groups excluding tert-OH is 2.